The number of nitrogens with one attached hydrogen (secondary N) is 1. The average Bonchev–Trinajstić information content (AvgIpc) is 2.53. The van der Waals surface area contributed by atoms with Crippen LogP contribution in [0, 0.1) is 5.82 Å². The molecular formula is C15H15FN2O4S. The molecule has 0 radical (unpaired) electrons. The molecular weight excluding hydrogens is 323 g/mol. The fraction of sp³-hybridized carbons (Fsp3) is 0.200. The zero-order valence-corrected chi connectivity index (χ0v) is 12.9. The highest BCUT2D eigenvalue weighted by Gasteiger charge is 2.17. The lowest BCUT2D eigenvalue weighted by Crippen LogP contribution is -2.30. The Hall–Kier alpha value is -2.48. The van der Waals surface area contributed by atoms with Crippen molar-refractivity contribution in [2.24, 2.45) is 0 Å². The summed E-state index contributed by atoms with van der Waals surface area (Å²) in [4.78, 5) is 15.3. The van der Waals surface area contributed by atoms with Gasteiger partial charge >= 0.3 is 0 Å². The van der Waals surface area contributed by atoms with Gasteiger partial charge in [0.15, 0.2) is 11.6 Å². The van der Waals surface area contributed by atoms with Gasteiger partial charge in [-0.05, 0) is 30.7 Å². The van der Waals surface area contributed by atoms with E-state index in [1.807, 2.05) is 4.72 Å². The standard InChI is InChI=1S/C15H15FN2O4S/c16-13-6-1-2-7-14(13)22-10-4-8-15(19)18-23(20,21)12-5-3-9-17-11-12/h1-3,5-7,9,11H,4,8,10H2,(H,18,19). The predicted octanol–water partition coefficient (Wildman–Crippen LogP) is 1.88. The molecule has 0 bridgehead atoms. The van der Waals surface area contributed by atoms with Crippen molar-refractivity contribution < 1.29 is 22.3 Å². The van der Waals surface area contributed by atoms with E-state index in [4.69, 9.17) is 4.74 Å². The van der Waals surface area contributed by atoms with E-state index in [1.165, 1.54) is 30.5 Å². The molecule has 0 unspecified atom stereocenters. The fourth-order valence-electron chi connectivity index (χ4n) is 1.74. The monoisotopic (exact) mass is 338 g/mol. The van der Waals surface area contributed by atoms with Crippen LogP contribution >= 0.6 is 0 Å². The number of aromatic nitrogens is 1. The van der Waals surface area contributed by atoms with Crippen LogP contribution in [-0.4, -0.2) is 25.9 Å². The first-order chi connectivity index (χ1) is 11.0. The second-order valence-electron chi connectivity index (χ2n) is 4.60. The van der Waals surface area contributed by atoms with Crippen LogP contribution in [0.25, 0.3) is 0 Å². The lowest BCUT2D eigenvalue weighted by Gasteiger charge is -2.08. The molecule has 0 aliphatic rings. The van der Waals surface area contributed by atoms with Crippen molar-refractivity contribution in [3.05, 3.63) is 54.6 Å². The third-order valence-electron chi connectivity index (χ3n) is 2.84. The number of para-hydroxylation sites is 1. The van der Waals surface area contributed by atoms with Crippen LogP contribution in [0.5, 0.6) is 5.75 Å². The Morgan fingerprint density at radius 3 is 2.70 bits per heavy atom. The minimum Gasteiger partial charge on any atom is -0.491 e. The summed E-state index contributed by atoms with van der Waals surface area (Å²) >= 11 is 0. The number of carbonyl (C=O) groups is 1. The number of carbonyl (C=O) groups excluding carboxylic acids is 1. The molecule has 0 aliphatic carbocycles. The predicted molar refractivity (Wildman–Crippen MR) is 80.7 cm³/mol. The van der Waals surface area contributed by atoms with Crippen LogP contribution in [-0.2, 0) is 14.8 Å². The first-order valence-corrected chi connectivity index (χ1v) is 8.30. The molecule has 0 fully saturated rings. The average molecular weight is 338 g/mol. The Balaban J connectivity index is 1.79. The van der Waals surface area contributed by atoms with Crippen molar-refractivity contribution in [1.82, 2.24) is 9.71 Å². The summed E-state index contributed by atoms with van der Waals surface area (Å²) in [6.45, 7) is 0.0985. The number of hydrogen-bond acceptors (Lipinski definition) is 5. The molecule has 1 amide bonds. The molecule has 0 saturated heterocycles. The van der Waals surface area contributed by atoms with Gasteiger partial charge in [-0.1, -0.05) is 12.1 Å². The molecule has 1 aromatic heterocycles. The fourth-order valence-corrected chi connectivity index (χ4v) is 2.72. The molecule has 0 aliphatic heterocycles. The molecule has 2 rings (SSSR count). The number of benzene rings is 1. The zero-order chi connectivity index (χ0) is 16.7. The summed E-state index contributed by atoms with van der Waals surface area (Å²) in [6.07, 6.45) is 2.77. The topological polar surface area (TPSA) is 85.4 Å². The van der Waals surface area contributed by atoms with Crippen LogP contribution in [0.4, 0.5) is 4.39 Å². The van der Waals surface area contributed by atoms with Gasteiger partial charge in [-0.25, -0.2) is 17.5 Å². The summed E-state index contributed by atoms with van der Waals surface area (Å²) in [5, 5.41) is 0. The zero-order valence-electron chi connectivity index (χ0n) is 12.1. The quantitative estimate of drug-likeness (QED) is 0.779. The first kappa shape index (κ1) is 16.9. The third-order valence-corrected chi connectivity index (χ3v) is 4.19. The number of ether oxygens (including phenoxy) is 1. The van der Waals surface area contributed by atoms with E-state index >= 15 is 0 Å². The van der Waals surface area contributed by atoms with E-state index in [-0.39, 0.29) is 30.1 Å². The maximum absolute atomic E-state index is 13.3. The number of rotatable bonds is 7. The van der Waals surface area contributed by atoms with Gasteiger partial charge in [0, 0.05) is 18.8 Å². The van der Waals surface area contributed by atoms with E-state index in [9.17, 15) is 17.6 Å². The second kappa shape index (κ2) is 7.68. The van der Waals surface area contributed by atoms with Crippen molar-refractivity contribution in [2.75, 3.05) is 6.61 Å². The second-order valence-corrected chi connectivity index (χ2v) is 6.28. The molecule has 0 spiro atoms. The molecule has 1 heterocycles. The van der Waals surface area contributed by atoms with Crippen LogP contribution in [0.2, 0.25) is 0 Å². The van der Waals surface area contributed by atoms with Crippen LogP contribution in [0.3, 0.4) is 0 Å². The Morgan fingerprint density at radius 2 is 2.00 bits per heavy atom. The summed E-state index contributed by atoms with van der Waals surface area (Å²) in [5.74, 6) is -1.06. The van der Waals surface area contributed by atoms with E-state index in [0.717, 1.165) is 6.20 Å². The van der Waals surface area contributed by atoms with Gasteiger partial charge in [0.2, 0.25) is 5.91 Å². The van der Waals surface area contributed by atoms with Gasteiger partial charge in [0.05, 0.1) is 6.61 Å². The third kappa shape index (κ3) is 5.03. The molecule has 23 heavy (non-hydrogen) atoms. The highest BCUT2D eigenvalue weighted by molar-refractivity contribution is 7.90. The minimum atomic E-state index is -3.92. The Kier molecular flexibility index (Phi) is 5.64. The largest absolute Gasteiger partial charge is 0.491 e. The molecule has 8 heteroatoms. The first-order valence-electron chi connectivity index (χ1n) is 6.82. The Bertz CT molecular complexity index is 766. The number of amides is 1. The van der Waals surface area contributed by atoms with Gasteiger partial charge in [-0.2, -0.15) is 0 Å². The normalized spacial score (nSPS) is 11.0. The van der Waals surface area contributed by atoms with E-state index < -0.39 is 21.7 Å². The van der Waals surface area contributed by atoms with Gasteiger partial charge in [-0.3, -0.25) is 9.78 Å². The summed E-state index contributed by atoms with van der Waals surface area (Å²) in [7, 11) is -3.92. The van der Waals surface area contributed by atoms with Crippen LogP contribution < -0.4 is 9.46 Å². The summed E-state index contributed by atoms with van der Waals surface area (Å²) in [6, 6.07) is 8.71. The van der Waals surface area contributed by atoms with Crippen molar-refractivity contribution in [3.63, 3.8) is 0 Å². The van der Waals surface area contributed by atoms with E-state index in [1.54, 1.807) is 12.1 Å². The van der Waals surface area contributed by atoms with Crippen molar-refractivity contribution in [2.45, 2.75) is 17.7 Å². The SMILES string of the molecule is O=C(CCCOc1ccccc1F)NS(=O)(=O)c1cccnc1. The van der Waals surface area contributed by atoms with Crippen molar-refractivity contribution in [3.8, 4) is 5.75 Å². The van der Waals surface area contributed by atoms with Crippen molar-refractivity contribution in [1.29, 1.82) is 0 Å². The Morgan fingerprint density at radius 1 is 1.22 bits per heavy atom. The maximum Gasteiger partial charge on any atom is 0.265 e. The molecule has 0 atom stereocenters. The van der Waals surface area contributed by atoms with Crippen LogP contribution in [0.15, 0.2) is 53.7 Å². The molecule has 0 saturated carbocycles. The van der Waals surface area contributed by atoms with E-state index in [2.05, 4.69) is 4.98 Å². The molecule has 122 valence electrons. The Labute approximate surface area is 133 Å². The number of pyridine rings is 1. The lowest BCUT2D eigenvalue weighted by atomic mass is 10.3. The number of nitrogens with zero attached hydrogens (tertiary/aromatic N) is 1. The van der Waals surface area contributed by atoms with E-state index in [0.29, 0.717) is 0 Å². The minimum absolute atomic E-state index is 0.0616. The smallest absolute Gasteiger partial charge is 0.265 e. The number of hydrogen-bond donors (Lipinski definition) is 1. The number of halogens is 1. The van der Waals surface area contributed by atoms with Gasteiger partial charge in [0.1, 0.15) is 4.90 Å². The van der Waals surface area contributed by atoms with Crippen LogP contribution in [0.1, 0.15) is 12.8 Å². The molecule has 6 nitrogen and oxygen atoms in total. The number of sulfonamides is 1. The summed E-state index contributed by atoms with van der Waals surface area (Å²) < 4.78 is 44.2. The molecule has 1 aromatic carbocycles. The molecule has 2 aromatic rings. The summed E-state index contributed by atoms with van der Waals surface area (Å²) in [5.41, 5.74) is 0. The van der Waals surface area contributed by atoms with Gasteiger partial charge in [-0.15, -0.1) is 0 Å². The lowest BCUT2D eigenvalue weighted by molar-refractivity contribution is -0.119. The highest BCUT2D eigenvalue weighted by atomic mass is 32.2. The highest BCUT2D eigenvalue weighted by Crippen LogP contribution is 2.15. The van der Waals surface area contributed by atoms with Gasteiger partial charge < -0.3 is 4.74 Å². The van der Waals surface area contributed by atoms with Crippen molar-refractivity contribution >= 4 is 15.9 Å². The maximum atomic E-state index is 13.3. The van der Waals surface area contributed by atoms with Gasteiger partial charge in [0.25, 0.3) is 10.0 Å². The molecule has 1 N–H and O–H groups in total.